The summed E-state index contributed by atoms with van der Waals surface area (Å²) in [6.07, 6.45) is 2.10. The molecule has 0 fully saturated rings. The second-order valence-corrected chi connectivity index (χ2v) is 8.00. The number of ether oxygens (including phenoxy) is 3. The molecule has 0 unspecified atom stereocenters. The molecule has 0 saturated heterocycles. The van der Waals surface area contributed by atoms with Crippen molar-refractivity contribution in [2.24, 2.45) is 0 Å². The number of aromatic nitrogens is 1. The van der Waals surface area contributed by atoms with E-state index in [1.165, 1.54) is 0 Å². The van der Waals surface area contributed by atoms with Crippen molar-refractivity contribution in [1.82, 2.24) is 9.71 Å². The van der Waals surface area contributed by atoms with Gasteiger partial charge in [-0.05, 0) is 55.3 Å². The quantitative estimate of drug-likeness (QED) is 0.577. The second-order valence-electron chi connectivity index (χ2n) is 6.26. The molecule has 29 heavy (non-hydrogen) atoms. The van der Waals surface area contributed by atoms with Crippen molar-refractivity contribution in [3.8, 4) is 17.2 Å². The SMILES string of the molecule is CCOc1ccc(S(=O)(=O)NCCc2cc(OC)cc(OC)c2)c2cccnc12. The number of hydrogen-bond acceptors (Lipinski definition) is 6. The van der Waals surface area contributed by atoms with Crippen LogP contribution in [0.25, 0.3) is 10.9 Å². The zero-order chi connectivity index (χ0) is 20.9. The minimum absolute atomic E-state index is 0.173. The van der Waals surface area contributed by atoms with Gasteiger partial charge in [-0.1, -0.05) is 0 Å². The van der Waals surface area contributed by atoms with Gasteiger partial charge in [0.25, 0.3) is 0 Å². The maximum atomic E-state index is 12.9. The first kappa shape index (κ1) is 20.9. The van der Waals surface area contributed by atoms with Gasteiger partial charge in [0.1, 0.15) is 22.8 Å². The molecule has 0 aliphatic carbocycles. The molecule has 7 nitrogen and oxygen atoms in total. The van der Waals surface area contributed by atoms with Crippen molar-refractivity contribution < 1.29 is 22.6 Å². The standard InChI is InChI=1S/C21H24N2O5S/c1-4-28-19-7-8-20(18-6-5-10-22-21(18)19)29(24,25)23-11-9-15-12-16(26-2)14-17(13-15)27-3/h5-8,10,12-14,23H,4,9,11H2,1-3H3. The number of sulfonamides is 1. The molecule has 154 valence electrons. The Morgan fingerprint density at radius 1 is 1.03 bits per heavy atom. The van der Waals surface area contributed by atoms with E-state index in [9.17, 15) is 8.42 Å². The van der Waals surface area contributed by atoms with E-state index < -0.39 is 10.0 Å². The number of hydrogen-bond donors (Lipinski definition) is 1. The Balaban J connectivity index is 1.81. The molecular weight excluding hydrogens is 392 g/mol. The summed E-state index contributed by atoms with van der Waals surface area (Å²) < 4.78 is 44.6. The van der Waals surface area contributed by atoms with Gasteiger partial charge in [0.05, 0.1) is 25.7 Å². The summed E-state index contributed by atoms with van der Waals surface area (Å²) in [5, 5.41) is 0.522. The average molecular weight is 416 g/mol. The minimum Gasteiger partial charge on any atom is -0.497 e. The van der Waals surface area contributed by atoms with E-state index in [1.807, 2.05) is 19.1 Å². The minimum atomic E-state index is -3.73. The summed E-state index contributed by atoms with van der Waals surface area (Å²) in [5.74, 6) is 1.88. The largest absolute Gasteiger partial charge is 0.497 e. The predicted octanol–water partition coefficient (Wildman–Crippen LogP) is 3.17. The zero-order valence-corrected chi connectivity index (χ0v) is 17.5. The molecule has 8 heteroatoms. The van der Waals surface area contributed by atoms with Gasteiger partial charge in [-0.25, -0.2) is 13.1 Å². The van der Waals surface area contributed by atoms with E-state index >= 15 is 0 Å². The van der Waals surface area contributed by atoms with Crippen molar-refractivity contribution in [2.45, 2.75) is 18.2 Å². The van der Waals surface area contributed by atoms with Crippen LogP contribution in [0.3, 0.4) is 0 Å². The monoisotopic (exact) mass is 416 g/mol. The third-order valence-corrected chi connectivity index (χ3v) is 5.92. The average Bonchev–Trinajstić information content (AvgIpc) is 2.73. The molecule has 1 N–H and O–H groups in total. The third kappa shape index (κ3) is 4.78. The van der Waals surface area contributed by atoms with Crippen molar-refractivity contribution >= 4 is 20.9 Å². The molecule has 0 amide bonds. The molecule has 0 bridgehead atoms. The highest BCUT2D eigenvalue weighted by Crippen LogP contribution is 2.29. The maximum Gasteiger partial charge on any atom is 0.241 e. The highest BCUT2D eigenvalue weighted by Gasteiger charge is 2.19. The van der Waals surface area contributed by atoms with Crippen LogP contribution < -0.4 is 18.9 Å². The van der Waals surface area contributed by atoms with Crippen molar-refractivity contribution in [3.63, 3.8) is 0 Å². The van der Waals surface area contributed by atoms with E-state index in [1.54, 1.807) is 50.7 Å². The summed E-state index contributed by atoms with van der Waals surface area (Å²) in [5.41, 5.74) is 1.43. The predicted molar refractivity (Wildman–Crippen MR) is 111 cm³/mol. The first-order valence-electron chi connectivity index (χ1n) is 9.20. The Hall–Kier alpha value is -2.84. The van der Waals surface area contributed by atoms with Gasteiger partial charge in [-0.2, -0.15) is 0 Å². The van der Waals surface area contributed by atoms with Gasteiger partial charge in [-0.3, -0.25) is 4.98 Å². The Kier molecular flexibility index (Phi) is 6.56. The van der Waals surface area contributed by atoms with Gasteiger partial charge >= 0.3 is 0 Å². The number of methoxy groups -OCH3 is 2. The van der Waals surface area contributed by atoms with Crippen LogP contribution in [-0.2, 0) is 16.4 Å². The van der Waals surface area contributed by atoms with Crippen molar-refractivity contribution in [1.29, 1.82) is 0 Å². The summed E-state index contributed by atoms with van der Waals surface area (Å²) in [7, 11) is -0.577. The van der Waals surface area contributed by atoms with Crippen LogP contribution in [0.4, 0.5) is 0 Å². The Labute approximate surface area is 170 Å². The maximum absolute atomic E-state index is 12.9. The molecule has 0 radical (unpaired) electrons. The Morgan fingerprint density at radius 2 is 1.76 bits per heavy atom. The molecule has 3 aromatic rings. The molecule has 1 aromatic heterocycles. The summed E-state index contributed by atoms with van der Waals surface area (Å²) >= 11 is 0. The van der Waals surface area contributed by atoms with E-state index in [2.05, 4.69) is 9.71 Å². The highest BCUT2D eigenvalue weighted by molar-refractivity contribution is 7.89. The van der Waals surface area contributed by atoms with Gasteiger partial charge in [0.2, 0.25) is 10.0 Å². The smallest absolute Gasteiger partial charge is 0.241 e. The number of nitrogens with one attached hydrogen (secondary N) is 1. The lowest BCUT2D eigenvalue weighted by molar-refractivity contribution is 0.343. The van der Waals surface area contributed by atoms with Crippen molar-refractivity contribution in [2.75, 3.05) is 27.4 Å². The summed E-state index contributed by atoms with van der Waals surface area (Å²) in [6, 6.07) is 12.1. The van der Waals surface area contributed by atoms with Crippen LogP contribution in [0.15, 0.2) is 53.6 Å². The first-order valence-corrected chi connectivity index (χ1v) is 10.7. The summed E-state index contributed by atoms with van der Waals surface area (Å²) in [6.45, 7) is 2.57. The fourth-order valence-electron chi connectivity index (χ4n) is 3.05. The topological polar surface area (TPSA) is 86.8 Å². The number of benzene rings is 2. The van der Waals surface area contributed by atoms with Crippen LogP contribution in [0.2, 0.25) is 0 Å². The van der Waals surface area contributed by atoms with Gasteiger partial charge in [-0.15, -0.1) is 0 Å². The van der Waals surface area contributed by atoms with Crippen LogP contribution >= 0.6 is 0 Å². The summed E-state index contributed by atoms with van der Waals surface area (Å²) in [4.78, 5) is 4.47. The van der Waals surface area contributed by atoms with E-state index in [-0.39, 0.29) is 11.4 Å². The molecule has 2 aromatic carbocycles. The van der Waals surface area contributed by atoms with Gasteiger partial charge in [0.15, 0.2) is 0 Å². The fraction of sp³-hybridized carbons (Fsp3) is 0.286. The van der Waals surface area contributed by atoms with E-state index in [4.69, 9.17) is 14.2 Å². The normalized spacial score (nSPS) is 11.4. The lowest BCUT2D eigenvalue weighted by atomic mass is 10.1. The van der Waals surface area contributed by atoms with E-state index in [0.717, 1.165) is 5.56 Å². The molecule has 0 saturated carbocycles. The molecule has 1 heterocycles. The van der Waals surface area contributed by atoms with Gasteiger partial charge < -0.3 is 14.2 Å². The van der Waals surface area contributed by atoms with Crippen LogP contribution in [0, 0.1) is 0 Å². The Bertz CT molecular complexity index is 1080. The molecule has 3 rings (SSSR count). The Morgan fingerprint density at radius 3 is 2.41 bits per heavy atom. The third-order valence-electron chi connectivity index (χ3n) is 4.40. The van der Waals surface area contributed by atoms with Crippen LogP contribution in [-0.4, -0.2) is 40.8 Å². The molecular formula is C21H24N2O5S. The molecule has 0 spiro atoms. The molecule has 0 aliphatic rings. The lowest BCUT2D eigenvalue weighted by Crippen LogP contribution is -2.26. The number of nitrogens with zero attached hydrogens (tertiary/aromatic N) is 1. The highest BCUT2D eigenvalue weighted by atomic mass is 32.2. The number of fused-ring (bicyclic) bond motifs is 1. The number of pyridine rings is 1. The fourth-order valence-corrected chi connectivity index (χ4v) is 4.27. The first-order chi connectivity index (χ1) is 14.0. The molecule has 0 atom stereocenters. The molecule has 0 aliphatic heterocycles. The lowest BCUT2D eigenvalue weighted by Gasteiger charge is -2.13. The second kappa shape index (κ2) is 9.11. The van der Waals surface area contributed by atoms with E-state index in [0.29, 0.717) is 41.2 Å². The van der Waals surface area contributed by atoms with Crippen molar-refractivity contribution in [3.05, 3.63) is 54.2 Å². The zero-order valence-electron chi connectivity index (χ0n) is 16.6. The van der Waals surface area contributed by atoms with Gasteiger partial charge in [0, 0.05) is 24.2 Å². The number of rotatable bonds is 9. The van der Waals surface area contributed by atoms with Crippen LogP contribution in [0.1, 0.15) is 12.5 Å². The van der Waals surface area contributed by atoms with Crippen LogP contribution in [0.5, 0.6) is 17.2 Å².